The highest BCUT2D eigenvalue weighted by molar-refractivity contribution is 7.89. The number of hydrogen-bond acceptors (Lipinski definition) is 5. The molecule has 1 aliphatic rings. The Morgan fingerprint density at radius 2 is 1.78 bits per heavy atom. The Labute approximate surface area is 165 Å². The normalized spacial score (nSPS) is 15.7. The van der Waals surface area contributed by atoms with Gasteiger partial charge in [0.25, 0.3) is 0 Å². The van der Waals surface area contributed by atoms with Gasteiger partial charge in [0.2, 0.25) is 10.0 Å². The van der Waals surface area contributed by atoms with E-state index >= 15 is 0 Å². The maximum absolute atomic E-state index is 12.3. The van der Waals surface area contributed by atoms with Crippen molar-refractivity contribution >= 4 is 27.3 Å². The topological polar surface area (TPSA) is 61.9 Å². The van der Waals surface area contributed by atoms with Gasteiger partial charge in [0.1, 0.15) is 5.75 Å². The molecule has 1 fully saturated rings. The molecular formula is C19H24ClN3O3S. The lowest BCUT2D eigenvalue weighted by atomic mass is 10.2. The third kappa shape index (κ3) is 5.35. The number of sulfonamides is 1. The van der Waals surface area contributed by atoms with Crippen molar-refractivity contribution in [1.82, 2.24) is 9.62 Å². The summed E-state index contributed by atoms with van der Waals surface area (Å²) in [5.74, 6) is 0.851. The zero-order valence-electron chi connectivity index (χ0n) is 15.3. The van der Waals surface area contributed by atoms with E-state index in [0.717, 1.165) is 31.9 Å². The van der Waals surface area contributed by atoms with Crippen LogP contribution < -0.4 is 14.4 Å². The molecule has 2 aromatic carbocycles. The minimum Gasteiger partial charge on any atom is -0.497 e. The first-order valence-electron chi connectivity index (χ1n) is 8.84. The number of piperazine rings is 1. The van der Waals surface area contributed by atoms with Crippen molar-refractivity contribution in [3.63, 3.8) is 0 Å². The molecule has 1 N–H and O–H groups in total. The quantitative estimate of drug-likeness (QED) is 0.761. The molecule has 0 aromatic heterocycles. The van der Waals surface area contributed by atoms with Crippen LogP contribution in [0.4, 0.5) is 5.69 Å². The number of nitrogens with zero attached hydrogens (tertiary/aromatic N) is 2. The third-order valence-corrected chi connectivity index (χ3v) is 6.33. The SMILES string of the molecule is COc1ccc(N2CCN(CCNS(=O)(=O)c3cccc(Cl)c3)CC2)cc1. The number of ether oxygens (including phenoxy) is 1. The Kier molecular flexibility index (Phi) is 6.59. The van der Waals surface area contributed by atoms with Gasteiger partial charge in [0, 0.05) is 50.0 Å². The van der Waals surface area contributed by atoms with Gasteiger partial charge in [-0.25, -0.2) is 13.1 Å². The molecule has 0 bridgehead atoms. The average molecular weight is 410 g/mol. The van der Waals surface area contributed by atoms with Gasteiger partial charge in [-0.15, -0.1) is 0 Å². The molecule has 0 unspecified atom stereocenters. The fourth-order valence-corrected chi connectivity index (χ4v) is 4.40. The molecule has 27 heavy (non-hydrogen) atoms. The summed E-state index contributed by atoms with van der Waals surface area (Å²) in [6.45, 7) is 4.66. The molecule has 1 heterocycles. The molecule has 0 amide bonds. The largest absolute Gasteiger partial charge is 0.497 e. The minimum atomic E-state index is -3.53. The summed E-state index contributed by atoms with van der Waals surface area (Å²) in [4.78, 5) is 4.78. The summed E-state index contributed by atoms with van der Waals surface area (Å²) in [5.41, 5.74) is 1.18. The maximum atomic E-state index is 12.3. The Morgan fingerprint density at radius 1 is 1.07 bits per heavy atom. The Hall–Kier alpha value is -1.80. The zero-order chi connectivity index (χ0) is 19.3. The van der Waals surface area contributed by atoms with Crippen molar-refractivity contribution in [1.29, 1.82) is 0 Å². The molecular weight excluding hydrogens is 386 g/mol. The predicted octanol–water partition coefficient (Wildman–Crippen LogP) is 2.45. The zero-order valence-corrected chi connectivity index (χ0v) is 16.8. The van der Waals surface area contributed by atoms with Gasteiger partial charge >= 0.3 is 0 Å². The fraction of sp³-hybridized carbons (Fsp3) is 0.368. The van der Waals surface area contributed by atoms with Crippen LogP contribution in [0.5, 0.6) is 5.75 Å². The Morgan fingerprint density at radius 3 is 2.41 bits per heavy atom. The molecule has 3 rings (SSSR count). The van der Waals surface area contributed by atoms with Crippen molar-refractivity contribution in [2.75, 3.05) is 51.3 Å². The molecule has 1 aliphatic heterocycles. The van der Waals surface area contributed by atoms with E-state index in [2.05, 4.69) is 26.7 Å². The lowest BCUT2D eigenvalue weighted by molar-refractivity contribution is 0.262. The van der Waals surface area contributed by atoms with Crippen LogP contribution in [0.1, 0.15) is 0 Å². The second kappa shape index (κ2) is 8.93. The molecule has 0 atom stereocenters. The van der Waals surface area contributed by atoms with Crippen LogP contribution in [0.25, 0.3) is 0 Å². The number of hydrogen-bond donors (Lipinski definition) is 1. The first-order chi connectivity index (χ1) is 13.0. The molecule has 2 aromatic rings. The van der Waals surface area contributed by atoms with Gasteiger partial charge < -0.3 is 9.64 Å². The summed E-state index contributed by atoms with van der Waals surface area (Å²) in [6, 6.07) is 14.3. The van der Waals surface area contributed by atoms with E-state index in [0.29, 0.717) is 18.1 Å². The number of benzene rings is 2. The van der Waals surface area contributed by atoms with E-state index in [1.807, 2.05) is 12.1 Å². The molecule has 8 heteroatoms. The van der Waals surface area contributed by atoms with Gasteiger partial charge in [0.05, 0.1) is 12.0 Å². The van der Waals surface area contributed by atoms with Crippen LogP contribution in [0.3, 0.4) is 0 Å². The molecule has 0 spiro atoms. The Balaban J connectivity index is 1.45. The van der Waals surface area contributed by atoms with Crippen molar-refractivity contribution in [2.45, 2.75) is 4.90 Å². The number of methoxy groups -OCH3 is 1. The standard InChI is InChI=1S/C19H24ClN3O3S/c1-26-18-7-5-17(6-8-18)23-13-11-22(12-14-23)10-9-21-27(24,25)19-4-2-3-16(20)15-19/h2-8,15,21H,9-14H2,1H3. The lowest BCUT2D eigenvalue weighted by Gasteiger charge is -2.36. The first kappa shape index (κ1) is 19.9. The van der Waals surface area contributed by atoms with Crippen LogP contribution >= 0.6 is 11.6 Å². The molecule has 0 saturated carbocycles. The van der Waals surface area contributed by atoms with Gasteiger partial charge in [-0.05, 0) is 42.5 Å². The molecule has 6 nitrogen and oxygen atoms in total. The summed E-state index contributed by atoms with van der Waals surface area (Å²) in [5, 5.41) is 0.410. The number of rotatable bonds is 7. The van der Waals surface area contributed by atoms with E-state index in [1.54, 1.807) is 25.3 Å². The van der Waals surface area contributed by atoms with Crippen molar-refractivity contribution in [3.05, 3.63) is 53.6 Å². The summed E-state index contributed by atoms with van der Waals surface area (Å²) >= 11 is 5.88. The van der Waals surface area contributed by atoms with Crippen LogP contribution in [0.2, 0.25) is 5.02 Å². The smallest absolute Gasteiger partial charge is 0.240 e. The lowest BCUT2D eigenvalue weighted by Crippen LogP contribution is -2.48. The van der Waals surface area contributed by atoms with Gasteiger partial charge in [-0.2, -0.15) is 0 Å². The summed E-state index contributed by atoms with van der Waals surface area (Å²) < 4.78 is 32.5. The monoisotopic (exact) mass is 409 g/mol. The minimum absolute atomic E-state index is 0.194. The Bertz CT molecular complexity index is 851. The second-order valence-electron chi connectivity index (χ2n) is 6.38. The summed E-state index contributed by atoms with van der Waals surface area (Å²) in [7, 11) is -1.87. The van der Waals surface area contributed by atoms with Crippen molar-refractivity contribution in [3.8, 4) is 5.75 Å². The van der Waals surface area contributed by atoms with E-state index < -0.39 is 10.0 Å². The second-order valence-corrected chi connectivity index (χ2v) is 8.59. The van der Waals surface area contributed by atoms with Crippen LogP contribution in [0, 0.1) is 0 Å². The highest BCUT2D eigenvalue weighted by Gasteiger charge is 2.18. The number of nitrogens with one attached hydrogen (secondary N) is 1. The molecule has 0 aliphatic carbocycles. The van der Waals surface area contributed by atoms with E-state index in [4.69, 9.17) is 16.3 Å². The third-order valence-electron chi connectivity index (χ3n) is 4.64. The highest BCUT2D eigenvalue weighted by atomic mass is 35.5. The van der Waals surface area contributed by atoms with Gasteiger partial charge in [-0.1, -0.05) is 17.7 Å². The molecule has 0 radical (unpaired) electrons. The van der Waals surface area contributed by atoms with Gasteiger partial charge in [0.15, 0.2) is 0 Å². The average Bonchev–Trinajstić information content (AvgIpc) is 2.68. The van der Waals surface area contributed by atoms with Crippen LogP contribution in [-0.2, 0) is 10.0 Å². The highest BCUT2D eigenvalue weighted by Crippen LogP contribution is 2.20. The maximum Gasteiger partial charge on any atom is 0.240 e. The summed E-state index contributed by atoms with van der Waals surface area (Å²) in [6.07, 6.45) is 0. The van der Waals surface area contributed by atoms with Crippen LogP contribution in [-0.4, -0.2) is 59.7 Å². The molecule has 1 saturated heterocycles. The van der Waals surface area contributed by atoms with Gasteiger partial charge in [-0.3, -0.25) is 4.90 Å². The van der Waals surface area contributed by atoms with Crippen LogP contribution in [0.15, 0.2) is 53.4 Å². The van der Waals surface area contributed by atoms with E-state index in [1.165, 1.54) is 11.8 Å². The van der Waals surface area contributed by atoms with E-state index in [-0.39, 0.29) is 4.90 Å². The van der Waals surface area contributed by atoms with E-state index in [9.17, 15) is 8.42 Å². The predicted molar refractivity (Wildman–Crippen MR) is 108 cm³/mol. The number of anilines is 1. The van der Waals surface area contributed by atoms with Crippen molar-refractivity contribution in [2.24, 2.45) is 0 Å². The first-order valence-corrected chi connectivity index (χ1v) is 10.7. The fourth-order valence-electron chi connectivity index (χ4n) is 3.08. The van der Waals surface area contributed by atoms with Crippen molar-refractivity contribution < 1.29 is 13.2 Å². The number of halogens is 1. The molecule has 146 valence electrons.